The summed E-state index contributed by atoms with van der Waals surface area (Å²) in [6.45, 7) is 0.366. The fourth-order valence-electron chi connectivity index (χ4n) is 2.16. The first kappa shape index (κ1) is 22.0. The van der Waals surface area contributed by atoms with E-state index in [1.807, 2.05) is 24.5 Å². The number of amides is 2. The number of nitrogens with one attached hydrogen (secondary N) is 2. The number of pyridine rings is 1. The van der Waals surface area contributed by atoms with E-state index in [1.165, 1.54) is 0 Å². The molecule has 2 aromatic rings. The quantitative estimate of drug-likeness (QED) is 0.639. The average molecular weight is 395 g/mol. The SMILES string of the molecule is CSCC[C@H](N)C(=O)NCc1cccc(NC(=O)c2ccncc2)c1.Cl. The molecule has 4 N–H and O–H groups in total. The van der Waals surface area contributed by atoms with Crippen molar-refractivity contribution in [2.45, 2.75) is 19.0 Å². The lowest BCUT2D eigenvalue weighted by Gasteiger charge is -2.12. The second kappa shape index (κ2) is 11.5. The minimum Gasteiger partial charge on any atom is -0.351 e. The molecular weight excluding hydrogens is 372 g/mol. The highest BCUT2D eigenvalue weighted by Gasteiger charge is 2.12. The van der Waals surface area contributed by atoms with Gasteiger partial charge in [-0.2, -0.15) is 11.8 Å². The highest BCUT2D eigenvalue weighted by molar-refractivity contribution is 7.98. The van der Waals surface area contributed by atoms with Crippen molar-refractivity contribution in [3.8, 4) is 0 Å². The second-order valence-corrected chi connectivity index (χ2v) is 6.48. The summed E-state index contributed by atoms with van der Waals surface area (Å²) in [7, 11) is 0. The Labute approximate surface area is 163 Å². The Balaban J connectivity index is 0.00000338. The van der Waals surface area contributed by atoms with Gasteiger partial charge in [0, 0.05) is 30.2 Å². The molecule has 26 heavy (non-hydrogen) atoms. The number of anilines is 1. The van der Waals surface area contributed by atoms with Crippen LogP contribution in [-0.4, -0.2) is 34.8 Å². The molecule has 0 spiro atoms. The van der Waals surface area contributed by atoms with Gasteiger partial charge in [-0.25, -0.2) is 0 Å². The zero-order valence-electron chi connectivity index (χ0n) is 14.5. The van der Waals surface area contributed by atoms with Crippen molar-refractivity contribution >= 4 is 41.7 Å². The average Bonchev–Trinajstić information content (AvgIpc) is 2.65. The Hall–Kier alpha value is -2.09. The lowest BCUT2D eigenvalue weighted by molar-refractivity contribution is -0.122. The molecule has 0 saturated carbocycles. The van der Waals surface area contributed by atoms with E-state index in [9.17, 15) is 9.59 Å². The molecule has 140 valence electrons. The number of nitrogens with two attached hydrogens (primary N) is 1. The first-order valence-electron chi connectivity index (χ1n) is 7.92. The Morgan fingerprint density at radius 2 is 1.96 bits per heavy atom. The van der Waals surface area contributed by atoms with E-state index in [-0.39, 0.29) is 24.2 Å². The monoisotopic (exact) mass is 394 g/mol. The molecule has 1 aromatic heterocycles. The van der Waals surface area contributed by atoms with Crippen LogP contribution in [0.2, 0.25) is 0 Å². The van der Waals surface area contributed by atoms with Crippen LogP contribution in [0.4, 0.5) is 5.69 Å². The van der Waals surface area contributed by atoms with Crippen molar-refractivity contribution in [3.05, 3.63) is 59.9 Å². The van der Waals surface area contributed by atoms with E-state index in [2.05, 4.69) is 15.6 Å². The number of hydrogen-bond donors (Lipinski definition) is 3. The number of benzene rings is 1. The Morgan fingerprint density at radius 1 is 1.23 bits per heavy atom. The molecule has 0 unspecified atom stereocenters. The largest absolute Gasteiger partial charge is 0.351 e. The minimum atomic E-state index is -0.498. The number of carbonyl (C=O) groups excluding carboxylic acids is 2. The highest BCUT2D eigenvalue weighted by Crippen LogP contribution is 2.12. The normalized spacial score (nSPS) is 11.2. The molecule has 6 nitrogen and oxygen atoms in total. The van der Waals surface area contributed by atoms with Crippen LogP contribution in [-0.2, 0) is 11.3 Å². The molecule has 1 aromatic carbocycles. The molecule has 1 atom stereocenters. The standard InChI is InChI=1S/C18H22N4O2S.ClH/c1-25-10-7-16(19)18(24)21-12-13-3-2-4-15(11-13)22-17(23)14-5-8-20-9-6-14;/h2-6,8-9,11,16H,7,10,12,19H2,1H3,(H,21,24)(H,22,23);1H/t16-;/m0./s1. The van der Waals surface area contributed by atoms with E-state index >= 15 is 0 Å². The predicted octanol–water partition coefficient (Wildman–Crippen LogP) is 2.45. The van der Waals surface area contributed by atoms with Gasteiger partial charge in [0.1, 0.15) is 0 Å². The topological polar surface area (TPSA) is 97.1 Å². The maximum absolute atomic E-state index is 12.2. The molecule has 0 aliphatic rings. The molecule has 0 saturated heterocycles. The van der Waals surface area contributed by atoms with Crippen molar-refractivity contribution in [1.29, 1.82) is 0 Å². The van der Waals surface area contributed by atoms with Gasteiger partial charge in [0.15, 0.2) is 0 Å². The number of nitrogens with zero attached hydrogens (tertiary/aromatic N) is 1. The molecule has 0 aliphatic carbocycles. The first-order valence-corrected chi connectivity index (χ1v) is 9.32. The lowest BCUT2D eigenvalue weighted by atomic mass is 10.1. The van der Waals surface area contributed by atoms with Crippen LogP contribution in [0.5, 0.6) is 0 Å². The summed E-state index contributed by atoms with van der Waals surface area (Å²) >= 11 is 1.66. The van der Waals surface area contributed by atoms with Crippen LogP contribution in [0.25, 0.3) is 0 Å². The van der Waals surface area contributed by atoms with Crippen molar-refractivity contribution in [3.63, 3.8) is 0 Å². The molecule has 0 fully saturated rings. The van der Waals surface area contributed by atoms with Crippen LogP contribution < -0.4 is 16.4 Å². The van der Waals surface area contributed by atoms with E-state index in [4.69, 9.17) is 5.73 Å². The van der Waals surface area contributed by atoms with Gasteiger partial charge >= 0.3 is 0 Å². The summed E-state index contributed by atoms with van der Waals surface area (Å²) in [5, 5.41) is 5.66. The molecule has 0 aliphatic heterocycles. The molecule has 1 heterocycles. The van der Waals surface area contributed by atoms with Gasteiger partial charge in [-0.15, -0.1) is 12.4 Å². The number of aromatic nitrogens is 1. The maximum Gasteiger partial charge on any atom is 0.255 e. The fourth-order valence-corrected chi connectivity index (χ4v) is 2.65. The summed E-state index contributed by atoms with van der Waals surface area (Å²) in [5.41, 5.74) is 7.93. The van der Waals surface area contributed by atoms with Gasteiger partial charge in [0.25, 0.3) is 5.91 Å². The molecule has 0 bridgehead atoms. The molecule has 8 heteroatoms. The zero-order valence-corrected chi connectivity index (χ0v) is 16.1. The summed E-state index contributed by atoms with van der Waals surface area (Å²) in [6, 6.07) is 10.1. The van der Waals surface area contributed by atoms with E-state index in [1.54, 1.807) is 42.4 Å². The van der Waals surface area contributed by atoms with E-state index in [0.29, 0.717) is 24.2 Å². The van der Waals surface area contributed by atoms with Gasteiger partial charge in [-0.3, -0.25) is 14.6 Å². The van der Waals surface area contributed by atoms with Gasteiger partial charge in [-0.05, 0) is 48.3 Å². The number of carbonyl (C=O) groups is 2. The number of hydrogen-bond acceptors (Lipinski definition) is 5. The number of thioether (sulfide) groups is 1. The van der Waals surface area contributed by atoms with Gasteiger partial charge in [-0.1, -0.05) is 12.1 Å². The van der Waals surface area contributed by atoms with Crippen molar-refractivity contribution in [2.24, 2.45) is 5.73 Å². The summed E-state index contributed by atoms with van der Waals surface area (Å²) in [6.07, 6.45) is 5.77. The molecule has 0 radical (unpaired) electrons. The van der Waals surface area contributed by atoms with Crippen LogP contribution in [0.15, 0.2) is 48.8 Å². The van der Waals surface area contributed by atoms with Crippen LogP contribution in [0.3, 0.4) is 0 Å². The molecular formula is C18H23ClN4O2S. The van der Waals surface area contributed by atoms with Gasteiger partial charge in [0.05, 0.1) is 6.04 Å². The summed E-state index contributed by atoms with van der Waals surface area (Å²) in [4.78, 5) is 28.0. The van der Waals surface area contributed by atoms with E-state index < -0.39 is 6.04 Å². The maximum atomic E-state index is 12.2. The predicted molar refractivity (Wildman–Crippen MR) is 109 cm³/mol. The second-order valence-electron chi connectivity index (χ2n) is 5.50. The third-order valence-electron chi connectivity index (χ3n) is 3.56. The Morgan fingerprint density at radius 3 is 2.65 bits per heavy atom. The van der Waals surface area contributed by atoms with Crippen molar-refractivity contribution in [2.75, 3.05) is 17.3 Å². The Kier molecular flexibility index (Phi) is 9.72. The highest BCUT2D eigenvalue weighted by atomic mass is 35.5. The smallest absolute Gasteiger partial charge is 0.255 e. The van der Waals surface area contributed by atoms with Crippen LogP contribution in [0.1, 0.15) is 22.3 Å². The van der Waals surface area contributed by atoms with Gasteiger partial charge < -0.3 is 16.4 Å². The number of rotatable bonds is 8. The summed E-state index contributed by atoms with van der Waals surface area (Å²) in [5.74, 6) is 0.480. The molecule has 2 rings (SSSR count). The molecule has 2 amide bonds. The minimum absolute atomic E-state index is 0. The van der Waals surface area contributed by atoms with E-state index in [0.717, 1.165) is 11.3 Å². The third-order valence-corrected chi connectivity index (χ3v) is 4.21. The fraction of sp³-hybridized carbons (Fsp3) is 0.278. The zero-order chi connectivity index (χ0) is 18.1. The van der Waals surface area contributed by atoms with Gasteiger partial charge in [0.2, 0.25) is 5.91 Å². The number of halogens is 1. The van der Waals surface area contributed by atoms with Crippen molar-refractivity contribution < 1.29 is 9.59 Å². The van der Waals surface area contributed by atoms with Crippen molar-refractivity contribution in [1.82, 2.24) is 10.3 Å². The summed E-state index contributed by atoms with van der Waals surface area (Å²) < 4.78 is 0. The third kappa shape index (κ3) is 7.03. The lowest BCUT2D eigenvalue weighted by Crippen LogP contribution is -2.40. The first-order chi connectivity index (χ1) is 12.1. The Bertz CT molecular complexity index is 715. The van der Waals surface area contributed by atoms with Crippen LogP contribution >= 0.6 is 24.2 Å². The van der Waals surface area contributed by atoms with Crippen LogP contribution in [0, 0.1) is 0 Å².